The van der Waals surface area contributed by atoms with E-state index in [1.807, 2.05) is 13.8 Å². The highest BCUT2D eigenvalue weighted by Gasteiger charge is 2.12. The SMILES string of the molecule is Cc1c(C#CCO)cccc1C(=O)NCC(=O)NC(C)C. The lowest BCUT2D eigenvalue weighted by Gasteiger charge is -2.11. The number of carbonyl (C=O) groups is 2. The zero-order valence-corrected chi connectivity index (χ0v) is 12.5. The lowest BCUT2D eigenvalue weighted by Crippen LogP contribution is -2.40. The van der Waals surface area contributed by atoms with Crippen molar-refractivity contribution in [3.8, 4) is 11.8 Å². The molecule has 0 heterocycles. The van der Waals surface area contributed by atoms with Gasteiger partial charge in [0, 0.05) is 17.2 Å². The van der Waals surface area contributed by atoms with Crippen LogP contribution in [-0.4, -0.2) is 36.1 Å². The average molecular weight is 288 g/mol. The summed E-state index contributed by atoms with van der Waals surface area (Å²) >= 11 is 0. The van der Waals surface area contributed by atoms with Crippen molar-refractivity contribution in [3.63, 3.8) is 0 Å². The summed E-state index contributed by atoms with van der Waals surface area (Å²) in [6.07, 6.45) is 0. The van der Waals surface area contributed by atoms with E-state index in [2.05, 4.69) is 22.5 Å². The average Bonchev–Trinajstić information content (AvgIpc) is 2.43. The van der Waals surface area contributed by atoms with E-state index in [0.29, 0.717) is 11.1 Å². The Labute approximate surface area is 124 Å². The smallest absolute Gasteiger partial charge is 0.252 e. The van der Waals surface area contributed by atoms with Crippen LogP contribution in [0.25, 0.3) is 0 Å². The maximum absolute atomic E-state index is 12.1. The van der Waals surface area contributed by atoms with Gasteiger partial charge >= 0.3 is 0 Å². The minimum atomic E-state index is -0.320. The van der Waals surface area contributed by atoms with Crippen LogP contribution in [0.3, 0.4) is 0 Å². The van der Waals surface area contributed by atoms with Crippen molar-refractivity contribution in [3.05, 3.63) is 34.9 Å². The van der Waals surface area contributed by atoms with Gasteiger partial charge in [0.25, 0.3) is 5.91 Å². The van der Waals surface area contributed by atoms with Gasteiger partial charge < -0.3 is 15.7 Å². The van der Waals surface area contributed by atoms with Crippen LogP contribution in [0.2, 0.25) is 0 Å². The Balaban J connectivity index is 2.77. The molecule has 0 atom stereocenters. The zero-order valence-electron chi connectivity index (χ0n) is 12.5. The van der Waals surface area contributed by atoms with E-state index in [4.69, 9.17) is 5.11 Å². The molecule has 5 nitrogen and oxygen atoms in total. The molecule has 0 fully saturated rings. The summed E-state index contributed by atoms with van der Waals surface area (Å²) in [7, 11) is 0. The van der Waals surface area contributed by atoms with E-state index in [1.54, 1.807) is 25.1 Å². The fourth-order valence-electron chi connectivity index (χ4n) is 1.78. The van der Waals surface area contributed by atoms with E-state index >= 15 is 0 Å². The molecule has 3 N–H and O–H groups in total. The van der Waals surface area contributed by atoms with Crippen LogP contribution in [0.1, 0.15) is 35.3 Å². The monoisotopic (exact) mass is 288 g/mol. The fraction of sp³-hybridized carbons (Fsp3) is 0.375. The number of amides is 2. The molecule has 0 saturated heterocycles. The van der Waals surface area contributed by atoms with Crippen molar-refractivity contribution in [1.29, 1.82) is 0 Å². The van der Waals surface area contributed by atoms with Crippen molar-refractivity contribution < 1.29 is 14.7 Å². The van der Waals surface area contributed by atoms with Crippen LogP contribution in [0, 0.1) is 18.8 Å². The van der Waals surface area contributed by atoms with Crippen LogP contribution in [-0.2, 0) is 4.79 Å². The first-order valence-corrected chi connectivity index (χ1v) is 6.72. The van der Waals surface area contributed by atoms with Crippen LogP contribution in [0.5, 0.6) is 0 Å². The zero-order chi connectivity index (χ0) is 15.8. The lowest BCUT2D eigenvalue weighted by molar-refractivity contribution is -0.120. The Bertz CT molecular complexity index is 583. The number of hydrogen-bond acceptors (Lipinski definition) is 3. The highest BCUT2D eigenvalue weighted by Crippen LogP contribution is 2.12. The summed E-state index contributed by atoms with van der Waals surface area (Å²) in [6, 6.07) is 5.21. The first-order chi connectivity index (χ1) is 9.95. The first kappa shape index (κ1) is 16.7. The minimum absolute atomic E-state index is 0.0354. The van der Waals surface area contributed by atoms with Gasteiger partial charge in [0.05, 0.1) is 6.54 Å². The Morgan fingerprint density at radius 3 is 2.67 bits per heavy atom. The molecule has 0 aliphatic heterocycles. The van der Waals surface area contributed by atoms with Crippen molar-refractivity contribution in [1.82, 2.24) is 10.6 Å². The summed E-state index contributed by atoms with van der Waals surface area (Å²) in [5.41, 5.74) is 1.88. The molecule has 0 radical (unpaired) electrons. The van der Waals surface area contributed by atoms with E-state index in [9.17, 15) is 9.59 Å². The molecule has 0 spiro atoms. The third-order valence-corrected chi connectivity index (χ3v) is 2.74. The first-order valence-electron chi connectivity index (χ1n) is 6.72. The largest absolute Gasteiger partial charge is 0.384 e. The van der Waals surface area contributed by atoms with Crippen molar-refractivity contribution in [2.75, 3.05) is 13.2 Å². The number of rotatable bonds is 4. The van der Waals surface area contributed by atoms with E-state index < -0.39 is 0 Å². The summed E-state index contributed by atoms with van der Waals surface area (Å²) in [5.74, 6) is 4.79. The van der Waals surface area contributed by atoms with Gasteiger partial charge in [-0.25, -0.2) is 0 Å². The maximum atomic E-state index is 12.1. The molecular formula is C16H20N2O3. The highest BCUT2D eigenvalue weighted by atomic mass is 16.2. The Morgan fingerprint density at radius 1 is 1.33 bits per heavy atom. The summed E-state index contributed by atoms with van der Waals surface area (Å²) < 4.78 is 0. The number of aliphatic hydroxyl groups is 1. The molecule has 0 unspecified atom stereocenters. The molecule has 0 aromatic heterocycles. The second kappa shape index (κ2) is 8.08. The predicted molar refractivity (Wildman–Crippen MR) is 80.8 cm³/mol. The fourth-order valence-corrected chi connectivity index (χ4v) is 1.78. The van der Waals surface area contributed by atoms with Crippen LogP contribution >= 0.6 is 0 Å². The molecule has 1 aromatic rings. The van der Waals surface area contributed by atoms with Crippen molar-refractivity contribution in [2.24, 2.45) is 0 Å². The summed E-state index contributed by atoms with van der Waals surface area (Å²) in [6.45, 7) is 5.19. The molecule has 0 aliphatic carbocycles. The summed E-state index contributed by atoms with van der Waals surface area (Å²) in [5, 5.41) is 14.0. The van der Waals surface area contributed by atoms with Crippen molar-refractivity contribution in [2.45, 2.75) is 26.8 Å². The van der Waals surface area contributed by atoms with Gasteiger partial charge in [-0.05, 0) is 38.5 Å². The third kappa shape index (κ3) is 5.28. The number of hydrogen-bond donors (Lipinski definition) is 3. The molecule has 5 heteroatoms. The molecular weight excluding hydrogens is 268 g/mol. The molecule has 1 aromatic carbocycles. The van der Waals surface area contributed by atoms with Gasteiger partial charge in [-0.15, -0.1) is 0 Å². The Morgan fingerprint density at radius 2 is 2.05 bits per heavy atom. The van der Waals surface area contributed by atoms with Crippen LogP contribution in [0.4, 0.5) is 0 Å². The van der Waals surface area contributed by atoms with E-state index in [0.717, 1.165) is 5.56 Å². The molecule has 0 aliphatic rings. The molecule has 0 saturated carbocycles. The predicted octanol–water partition coefficient (Wildman–Crippen LogP) is 0.593. The van der Waals surface area contributed by atoms with Crippen molar-refractivity contribution >= 4 is 11.8 Å². The Hall–Kier alpha value is -2.32. The third-order valence-electron chi connectivity index (χ3n) is 2.74. The molecule has 21 heavy (non-hydrogen) atoms. The van der Waals surface area contributed by atoms with Gasteiger partial charge in [-0.3, -0.25) is 9.59 Å². The lowest BCUT2D eigenvalue weighted by atomic mass is 10.0. The molecule has 2 amide bonds. The van der Waals surface area contributed by atoms with Crippen LogP contribution < -0.4 is 10.6 Å². The quantitative estimate of drug-likeness (QED) is 0.710. The number of nitrogens with one attached hydrogen (secondary N) is 2. The van der Waals surface area contributed by atoms with Crippen LogP contribution in [0.15, 0.2) is 18.2 Å². The maximum Gasteiger partial charge on any atom is 0.252 e. The normalized spacial score (nSPS) is 9.76. The Kier molecular flexibility index (Phi) is 6.44. The number of aliphatic hydroxyl groups excluding tert-OH is 1. The van der Waals surface area contributed by atoms with Gasteiger partial charge in [0.2, 0.25) is 5.91 Å². The van der Waals surface area contributed by atoms with Gasteiger partial charge in [0.1, 0.15) is 6.61 Å². The number of benzene rings is 1. The molecule has 0 bridgehead atoms. The second-order valence-corrected chi connectivity index (χ2v) is 4.84. The molecule has 1 rings (SSSR count). The van der Waals surface area contributed by atoms with Gasteiger partial charge in [-0.2, -0.15) is 0 Å². The van der Waals surface area contributed by atoms with Gasteiger partial charge in [0.15, 0.2) is 0 Å². The standard InChI is InChI=1S/C16H20N2O3/c1-11(2)18-15(20)10-17-16(21)14-8-4-6-13(12(14)3)7-5-9-19/h4,6,8,11,19H,9-10H2,1-3H3,(H,17,21)(H,18,20). The number of carbonyl (C=O) groups excluding carboxylic acids is 2. The second-order valence-electron chi connectivity index (χ2n) is 4.84. The summed E-state index contributed by atoms with van der Waals surface area (Å²) in [4.78, 5) is 23.6. The highest BCUT2D eigenvalue weighted by molar-refractivity contribution is 5.98. The topological polar surface area (TPSA) is 78.4 Å². The van der Waals surface area contributed by atoms with E-state index in [1.165, 1.54) is 0 Å². The van der Waals surface area contributed by atoms with Gasteiger partial charge in [-0.1, -0.05) is 17.9 Å². The van der Waals surface area contributed by atoms with E-state index in [-0.39, 0.29) is 31.0 Å². The minimum Gasteiger partial charge on any atom is -0.384 e. The molecule has 112 valence electrons.